The molecule has 0 aliphatic rings. The van der Waals surface area contributed by atoms with Crippen molar-refractivity contribution in [3.05, 3.63) is 28.7 Å². The molecule has 0 atom stereocenters. The molecule has 10 heteroatoms. The van der Waals surface area contributed by atoms with Crippen molar-refractivity contribution in [2.75, 3.05) is 5.32 Å². The van der Waals surface area contributed by atoms with E-state index in [-0.39, 0.29) is 5.69 Å². The number of hydrogen-bond donors (Lipinski definition) is 1. The monoisotopic (exact) mass is 367 g/mol. The molecule has 0 unspecified atom stereocenters. The molecule has 0 saturated heterocycles. The molecule has 1 aromatic carbocycles. The first-order chi connectivity index (χ1) is 8.89. The van der Waals surface area contributed by atoms with Crippen LogP contribution in [0.3, 0.4) is 0 Å². The van der Waals surface area contributed by atoms with Gasteiger partial charge in [-0.25, -0.2) is 0 Å². The molecule has 1 aromatic rings. The highest BCUT2D eigenvalue weighted by Gasteiger charge is 2.76. The van der Waals surface area contributed by atoms with Crippen LogP contribution in [0, 0.1) is 0 Å². The number of benzene rings is 1. The van der Waals surface area contributed by atoms with Gasteiger partial charge in [-0.2, -0.15) is 30.7 Å². The second-order valence-electron chi connectivity index (χ2n) is 3.61. The van der Waals surface area contributed by atoms with Crippen molar-refractivity contribution in [3.63, 3.8) is 0 Å². The first-order valence-corrected chi connectivity index (χ1v) is 5.58. The van der Waals surface area contributed by atoms with Crippen LogP contribution >= 0.6 is 15.9 Å². The molecular formula is C10H5BrF7NO. The zero-order valence-corrected chi connectivity index (χ0v) is 10.8. The van der Waals surface area contributed by atoms with Crippen molar-refractivity contribution in [3.8, 4) is 0 Å². The van der Waals surface area contributed by atoms with Crippen molar-refractivity contribution in [2.45, 2.75) is 18.0 Å². The molecule has 1 N–H and O–H groups in total. The minimum atomic E-state index is -6.55. The fraction of sp³-hybridized carbons (Fsp3) is 0.300. The van der Waals surface area contributed by atoms with E-state index < -0.39 is 23.9 Å². The van der Waals surface area contributed by atoms with Crippen LogP contribution in [0.25, 0.3) is 0 Å². The van der Waals surface area contributed by atoms with Crippen LogP contribution in [0.15, 0.2) is 28.7 Å². The van der Waals surface area contributed by atoms with Gasteiger partial charge in [-0.3, -0.25) is 4.79 Å². The lowest BCUT2D eigenvalue weighted by Crippen LogP contribution is -2.57. The average Bonchev–Trinajstić information content (AvgIpc) is 2.27. The van der Waals surface area contributed by atoms with Crippen LogP contribution in [0.5, 0.6) is 0 Å². The van der Waals surface area contributed by atoms with E-state index in [1.165, 1.54) is 17.4 Å². The maximum Gasteiger partial charge on any atom is 0.460 e. The van der Waals surface area contributed by atoms with Gasteiger partial charge in [0.05, 0.1) is 0 Å². The molecule has 0 radical (unpaired) electrons. The van der Waals surface area contributed by atoms with Crippen molar-refractivity contribution < 1.29 is 35.5 Å². The lowest BCUT2D eigenvalue weighted by Gasteiger charge is -2.27. The Morgan fingerprint density at radius 3 is 2.05 bits per heavy atom. The Hall–Kier alpha value is -1.32. The molecule has 0 saturated carbocycles. The molecule has 0 fully saturated rings. The Morgan fingerprint density at radius 1 is 1.05 bits per heavy atom. The topological polar surface area (TPSA) is 29.1 Å². The Labute approximate surface area is 116 Å². The summed E-state index contributed by atoms with van der Waals surface area (Å²) in [5.41, 5.74) is -0.359. The summed E-state index contributed by atoms with van der Waals surface area (Å²) >= 11 is 2.91. The van der Waals surface area contributed by atoms with Gasteiger partial charge in [0.15, 0.2) is 0 Å². The number of carbonyl (C=O) groups excluding carboxylic acids is 1. The summed E-state index contributed by atoms with van der Waals surface area (Å²) in [4.78, 5) is 11.0. The van der Waals surface area contributed by atoms with Gasteiger partial charge >= 0.3 is 23.9 Å². The summed E-state index contributed by atoms with van der Waals surface area (Å²) in [7, 11) is 0. The second-order valence-corrected chi connectivity index (χ2v) is 4.53. The third kappa shape index (κ3) is 3.05. The molecule has 20 heavy (non-hydrogen) atoms. The first kappa shape index (κ1) is 16.7. The van der Waals surface area contributed by atoms with E-state index in [0.29, 0.717) is 4.47 Å². The van der Waals surface area contributed by atoms with Gasteiger partial charge in [0, 0.05) is 10.2 Å². The van der Waals surface area contributed by atoms with E-state index in [0.717, 1.165) is 12.1 Å². The summed E-state index contributed by atoms with van der Waals surface area (Å²) in [6, 6.07) is 4.79. The van der Waals surface area contributed by atoms with Gasteiger partial charge in [0.1, 0.15) is 0 Å². The van der Waals surface area contributed by atoms with Gasteiger partial charge in [-0.15, -0.1) is 0 Å². The molecule has 0 aliphatic heterocycles. The van der Waals surface area contributed by atoms with Gasteiger partial charge in [-0.1, -0.05) is 22.0 Å². The summed E-state index contributed by atoms with van der Waals surface area (Å²) in [5.74, 6) is -15.2. The smallest absolute Gasteiger partial charge is 0.321 e. The Bertz CT molecular complexity index is 515. The lowest BCUT2D eigenvalue weighted by atomic mass is 10.1. The van der Waals surface area contributed by atoms with Crippen LogP contribution in [-0.4, -0.2) is 23.9 Å². The van der Waals surface area contributed by atoms with E-state index in [9.17, 15) is 35.5 Å². The molecule has 0 spiro atoms. The van der Waals surface area contributed by atoms with Crippen LogP contribution in [-0.2, 0) is 4.79 Å². The standard InChI is InChI=1S/C10H5BrF7NO/c11-5-2-1-3-6(4-5)19-7(20)8(12,13)9(14,15)10(16,17)18/h1-4H,(H,19,20). The van der Waals surface area contributed by atoms with E-state index in [4.69, 9.17) is 0 Å². The minimum Gasteiger partial charge on any atom is -0.321 e. The van der Waals surface area contributed by atoms with Crippen molar-refractivity contribution >= 4 is 27.5 Å². The predicted molar refractivity (Wildman–Crippen MR) is 58.7 cm³/mol. The fourth-order valence-corrected chi connectivity index (χ4v) is 1.50. The third-order valence-corrected chi connectivity index (χ3v) is 2.61. The fourth-order valence-electron chi connectivity index (χ4n) is 1.10. The average molecular weight is 368 g/mol. The predicted octanol–water partition coefficient (Wildman–Crippen LogP) is 4.22. The van der Waals surface area contributed by atoms with E-state index >= 15 is 0 Å². The SMILES string of the molecule is O=C(Nc1cccc(Br)c1)C(F)(F)C(F)(F)C(F)(F)F. The molecule has 112 valence electrons. The summed E-state index contributed by atoms with van der Waals surface area (Å²) in [6.07, 6.45) is -6.55. The number of carbonyl (C=O) groups is 1. The number of rotatable bonds is 3. The van der Waals surface area contributed by atoms with Gasteiger partial charge < -0.3 is 5.32 Å². The molecule has 2 nitrogen and oxygen atoms in total. The lowest BCUT2D eigenvalue weighted by molar-refractivity contribution is -0.343. The highest BCUT2D eigenvalue weighted by molar-refractivity contribution is 9.10. The zero-order chi connectivity index (χ0) is 15.8. The molecule has 0 aromatic heterocycles. The molecular weight excluding hydrogens is 363 g/mol. The van der Waals surface area contributed by atoms with Crippen molar-refractivity contribution in [1.82, 2.24) is 0 Å². The molecule has 0 bridgehead atoms. The van der Waals surface area contributed by atoms with Crippen LogP contribution in [0.4, 0.5) is 36.4 Å². The van der Waals surface area contributed by atoms with Crippen molar-refractivity contribution in [1.29, 1.82) is 0 Å². The molecule has 0 aliphatic carbocycles. The summed E-state index contributed by atoms with van der Waals surface area (Å²) in [6.45, 7) is 0. The van der Waals surface area contributed by atoms with E-state index in [1.54, 1.807) is 0 Å². The first-order valence-electron chi connectivity index (χ1n) is 4.79. The molecule has 0 heterocycles. The Kier molecular flexibility index (Phi) is 4.37. The number of nitrogens with one attached hydrogen (secondary N) is 1. The number of alkyl halides is 7. The van der Waals surface area contributed by atoms with Gasteiger partial charge in [0.2, 0.25) is 0 Å². The summed E-state index contributed by atoms with van der Waals surface area (Å²) < 4.78 is 87.1. The van der Waals surface area contributed by atoms with E-state index in [2.05, 4.69) is 15.9 Å². The highest BCUT2D eigenvalue weighted by Crippen LogP contribution is 2.46. The quantitative estimate of drug-likeness (QED) is 0.796. The molecule has 1 rings (SSSR count). The minimum absolute atomic E-state index is 0.307. The Morgan fingerprint density at radius 2 is 1.60 bits per heavy atom. The number of halogens is 8. The van der Waals surface area contributed by atoms with Crippen molar-refractivity contribution in [2.24, 2.45) is 0 Å². The van der Waals surface area contributed by atoms with Crippen LogP contribution in [0.2, 0.25) is 0 Å². The van der Waals surface area contributed by atoms with Gasteiger partial charge in [-0.05, 0) is 18.2 Å². The number of anilines is 1. The molecule has 1 amide bonds. The van der Waals surface area contributed by atoms with Crippen LogP contribution < -0.4 is 5.32 Å². The summed E-state index contributed by atoms with van der Waals surface area (Å²) in [5, 5.41) is 1.30. The maximum atomic E-state index is 13.0. The van der Waals surface area contributed by atoms with E-state index in [1.807, 2.05) is 0 Å². The maximum absolute atomic E-state index is 13.0. The highest BCUT2D eigenvalue weighted by atomic mass is 79.9. The second kappa shape index (κ2) is 5.23. The van der Waals surface area contributed by atoms with Crippen LogP contribution in [0.1, 0.15) is 0 Å². The Balaban J connectivity index is 3.01. The number of amides is 1. The van der Waals surface area contributed by atoms with Gasteiger partial charge in [0.25, 0.3) is 0 Å². The zero-order valence-electron chi connectivity index (χ0n) is 9.24. The largest absolute Gasteiger partial charge is 0.460 e. The number of hydrogen-bond acceptors (Lipinski definition) is 1. The third-order valence-electron chi connectivity index (χ3n) is 2.12. The normalized spacial score (nSPS) is 13.2.